The van der Waals surface area contributed by atoms with Gasteiger partial charge >= 0.3 is 0 Å². The van der Waals surface area contributed by atoms with Crippen LogP contribution in [0.5, 0.6) is 0 Å². The SMILES string of the molecule is CCO[C@@H]1CCC[C@H]1N=[N+]=[N-]. The van der Waals surface area contributed by atoms with Crippen LogP contribution in [0.2, 0.25) is 0 Å². The van der Waals surface area contributed by atoms with E-state index in [0.717, 1.165) is 19.3 Å². The van der Waals surface area contributed by atoms with E-state index >= 15 is 0 Å². The number of rotatable bonds is 3. The summed E-state index contributed by atoms with van der Waals surface area (Å²) in [6.07, 6.45) is 3.32. The van der Waals surface area contributed by atoms with Crippen LogP contribution < -0.4 is 0 Å². The summed E-state index contributed by atoms with van der Waals surface area (Å²) < 4.78 is 5.40. The lowest BCUT2D eigenvalue weighted by molar-refractivity contribution is 0.0577. The van der Waals surface area contributed by atoms with Crippen molar-refractivity contribution in [3.8, 4) is 0 Å². The Morgan fingerprint density at radius 2 is 2.45 bits per heavy atom. The molecule has 62 valence electrons. The van der Waals surface area contributed by atoms with Crippen molar-refractivity contribution in [1.29, 1.82) is 0 Å². The minimum absolute atomic E-state index is 0.0833. The zero-order valence-corrected chi connectivity index (χ0v) is 6.73. The second-order valence-corrected chi connectivity index (χ2v) is 2.70. The zero-order chi connectivity index (χ0) is 8.10. The zero-order valence-electron chi connectivity index (χ0n) is 6.73. The van der Waals surface area contributed by atoms with Crippen LogP contribution >= 0.6 is 0 Å². The summed E-state index contributed by atoms with van der Waals surface area (Å²) in [5.74, 6) is 0. The molecule has 1 aliphatic carbocycles. The Bertz CT molecular complexity index is 165. The third-order valence-electron chi connectivity index (χ3n) is 2.00. The van der Waals surface area contributed by atoms with Crippen molar-refractivity contribution in [2.75, 3.05) is 6.61 Å². The summed E-state index contributed by atoms with van der Waals surface area (Å²) in [5, 5.41) is 3.68. The smallest absolute Gasteiger partial charge is 0.0659 e. The minimum Gasteiger partial charge on any atom is -0.378 e. The molecule has 0 spiro atoms. The maximum Gasteiger partial charge on any atom is 0.0659 e. The van der Waals surface area contributed by atoms with Gasteiger partial charge in [0.1, 0.15) is 0 Å². The van der Waals surface area contributed by atoms with Gasteiger partial charge in [-0.25, -0.2) is 0 Å². The van der Waals surface area contributed by atoms with E-state index in [1.807, 2.05) is 6.92 Å². The van der Waals surface area contributed by atoms with Crippen LogP contribution in [-0.2, 0) is 4.74 Å². The highest BCUT2D eigenvalue weighted by Crippen LogP contribution is 2.24. The summed E-state index contributed by atoms with van der Waals surface area (Å²) in [6.45, 7) is 2.67. The first-order valence-electron chi connectivity index (χ1n) is 4.04. The lowest BCUT2D eigenvalue weighted by Gasteiger charge is -2.13. The van der Waals surface area contributed by atoms with Gasteiger partial charge in [0.15, 0.2) is 0 Å². The van der Waals surface area contributed by atoms with Crippen LogP contribution in [0.4, 0.5) is 0 Å². The average Bonchev–Trinajstić information content (AvgIpc) is 2.39. The Labute approximate surface area is 66.2 Å². The van der Waals surface area contributed by atoms with Gasteiger partial charge in [-0.3, -0.25) is 0 Å². The van der Waals surface area contributed by atoms with Crippen LogP contribution in [0.1, 0.15) is 26.2 Å². The van der Waals surface area contributed by atoms with Crippen molar-refractivity contribution in [2.24, 2.45) is 5.11 Å². The van der Waals surface area contributed by atoms with Gasteiger partial charge in [-0.1, -0.05) is 11.5 Å². The molecule has 0 heterocycles. The summed E-state index contributed by atoms with van der Waals surface area (Å²) in [4.78, 5) is 2.80. The molecule has 0 aromatic carbocycles. The summed E-state index contributed by atoms with van der Waals surface area (Å²) in [5.41, 5.74) is 8.22. The molecule has 0 saturated heterocycles. The molecule has 0 bridgehead atoms. The monoisotopic (exact) mass is 155 g/mol. The lowest BCUT2D eigenvalue weighted by Crippen LogP contribution is -2.20. The fourth-order valence-corrected chi connectivity index (χ4v) is 1.51. The number of ether oxygens (including phenoxy) is 1. The normalized spacial score (nSPS) is 29.9. The number of hydrogen-bond donors (Lipinski definition) is 0. The average molecular weight is 155 g/mol. The Kier molecular flexibility index (Phi) is 3.20. The lowest BCUT2D eigenvalue weighted by atomic mass is 10.2. The molecule has 0 radical (unpaired) electrons. The molecule has 4 heteroatoms. The molecule has 11 heavy (non-hydrogen) atoms. The maximum absolute atomic E-state index is 8.22. The van der Waals surface area contributed by atoms with Crippen molar-refractivity contribution < 1.29 is 4.74 Å². The maximum atomic E-state index is 8.22. The second-order valence-electron chi connectivity index (χ2n) is 2.70. The van der Waals surface area contributed by atoms with E-state index in [1.54, 1.807) is 0 Å². The van der Waals surface area contributed by atoms with Crippen LogP contribution in [0.3, 0.4) is 0 Å². The van der Waals surface area contributed by atoms with Crippen LogP contribution in [-0.4, -0.2) is 18.8 Å². The van der Waals surface area contributed by atoms with Gasteiger partial charge in [-0.05, 0) is 25.3 Å². The van der Waals surface area contributed by atoms with E-state index in [1.165, 1.54) is 0 Å². The second kappa shape index (κ2) is 4.21. The molecule has 0 unspecified atom stereocenters. The van der Waals surface area contributed by atoms with Crippen molar-refractivity contribution in [1.82, 2.24) is 0 Å². The van der Waals surface area contributed by atoms with Gasteiger partial charge in [0.25, 0.3) is 0 Å². The van der Waals surface area contributed by atoms with E-state index in [9.17, 15) is 0 Å². The van der Waals surface area contributed by atoms with Gasteiger partial charge in [-0.2, -0.15) is 0 Å². The van der Waals surface area contributed by atoms with E-state index < -0.39 is 0 Å². The molecule has 1 rings (SSSR count). The molecular formula is C7H13N3O. The largest absolute Gasteiger partial charge is 0.378 e. The highest BCUT2D eigenvalue weighted by Gasteiger charge is 2.26. The molecule has 1 saturated carbocycles. The Balaban J connectivity index is 2.43. The first-order valence-corrected chi connectivity index (χ1v) is 4.04. The number of azide groups is 1. The van der Waals surface area contributed by atoms with Crippen molar-refractivity contribution in [3.05, 3.63) is 10.4 Å². The van der Waals surface area contributed by atoms with Gasteiger partial charge in [-0.15, -0.1) is 0 Å². The third kappa shape index (κ3) is 2.10. The van der Waals surface area contributed by atoms with Gasteiger partial charge in [0, 0.05) is 11.5 Å². The molecular weight excluding hydrogens is 142 g/mol. The highest BCUT2D eigenvalue weighted by molar-refractivity contribution is 4.84. The molecule has 2 atom stereocenters. The highest BCUT2D eigenvalue weighted by atomic mass is 16.5. The van der Waals surface area contributed by atoms with Crippen LogP contribution in [0.15, 0.2) is 5.11 Å². The standard InChI is InChI=1S/C7H13N3O/c1-2-11-7-5-3-4-6(7)9-10-8/h6-7H,2-5H2,1H3/t6-,7-/m1/s1. The first kappa shape index (κ1) is 8.37. The third-order valence-corrected chi connectivity index (χ3v) is 2.00. The topological polar surface area (TPSA) is 58.0 Å². The predicted molar refractivity (Wildman–Crippen MR) is 42.2 cm³/mol. The first-order chi connectivity index (χ1) is 5.38. The van der Waals surface area contributed by atoms with E-state index in [2.05, 4.69) is 10.0 Å². The quantitative estimate of drug-likeness (QED) is 0.350. The molecule has 0 N–H and O–H groups in total. The number of nitrogens with zero attached hydrogens (tertiary/aromatic N) is 3. The molecule has 4 nitrogen and oxygen atoms in total. The van der Waals surface area contributed by atoms with Crippen molar-refractivity contribution in [2.45, 2.75) is 38.3 Å². The molecule has 0 amide bonds. The van der Waals surface area contributed by atoms with Crippen LogP contribution in [0, 0.1) is 0 Å². The summed E-state index contributed by atoms with van der Waals surface area (Å²) in [7, 11) is 0. The van der Waals surface area contributed by atoms with Crippen molar-refractivity contribution in [3.63, 3.8) is 0 Å². The van der Waals surface area contributed by atoms with Crippen molar-refractivity contribution >= 4 is 0 Å². The van der Waals surface area contributed by atoms with E-state index in [0.29, 0.717) is 6.61 Å². The van der Waals surface area contributed by atoms with E-state index in [-0.39, 0.29) is 12.1 Å². The van der Waals surface area contributed by atoms with Gasteiger partial charge < -0.3 is 4.74 Å². The van der Waals surface area contributed by atoms with Gasteiger partial charge in [0.05, 0.1) is 12.1 Å². The molecule has 0 aromatic heterocycles. The Morgan fingerprint density at radius 1 is 1.64 bits per heavy atom. The van der Waals surface area contributed by atoms with Crippen LogP contribution in [0.25, 0.3) is 10.4 Å². The molecule has 0 aliphatic heterocycles. The van der Waals surface area contributed by atoms with Gasteiger partial charge in [0.2, 0.25) is 0 Å². The molecule has 0 aromatic rings. The fraction of sp³-hybridized carbons (Fsp3) is 1.00. The summed E-state index contributed by atoms with van der Waals surface area (Å²) >= 11 is 0. The van der Waals surface area contributed by atoms with E-state index in [4.69, 9.17) is 10.3 Å². The Morgan fingerprint density at radius 3 is 3.09 bits per heavy atom. The minimum atomic E-state index is 0.0833. The molecule has 1 fully saturated rings. The summed E-state index contributed by atoms with van der Waals surface area (Å²) in [6, 6.07) is 0.0833. The predicted octanol–water partition coefficient (Wildman–Crippen LogP) is 2.25. The fourth-order valence-electron chi connectivity index (χ4n) is 1.51. The molecule has 1 aliphatic rings. The Hall–Kier alpha value is -0.730. The number of hydrogen-bond acceptors (Lipinski definition) is 2.